The van der Waals surface area contributed by atoms with Crippen molar-refractivity contribution < 1.29 is 23.1 Å². The summed E-state index contributed by atoms with van der Waals surface area (Å²) in [4.78, 5) is 23.6. The first-order chi connectivity index (χ1) is 13.7. The van der Waals surface area contributed by atoms with Crippen LogP contribution in [0.5, 0.6) is 0 Å². The summed E-state index contributed by atoms with van der Waals surface area (Å²) in [6.07, 6.45) is -3.72. The Kier molecular flexibility index (Phi) is 6.01. The SMILES string of the molecule is Cc1cc(-c2ccc(C(F)(F)F)cn2)[nH]c1C(=O)N[C@@H](CN)c1nc(CO)cs1. The number of carbonyl (C=O) groups excluding carboxylic acids is 1. The summed E-state index contributed by atoms with van der Waals surface area (Å²) in [6.45, 7) is 1.60. The van der Waals surface area contributed by atoms with Crippen LogP contribution in [0.25, 0.3) is 11.4 Å². The minimum atomic E-state index is -4.47. The Morgan fingerprint density at radius 2 is 2.17 bits per heavy atom. The van der Waals surface area contributed by atoms with E-state index in [1.165, 1.54) is 17.4 Å². The van der Waals surface area contributed by atoms with Gasteiger partial charge in [-0.05, 0) is 30.7 Å². The normalized spacial score (nSPS) is 12.8. The van der Waals surface area contributed by atoms with Crippen LogP contribution in [-0.2, 0) is 12.8 Å². The summed E-state index contributed by atoms with van der Waals surface area (Å²) in [5.41, 5.74) is 6.94. The van der Waals surface area contributed by atoms with Crippen LogP contribution in [0.15, 0.2) is 29.8 Å². The third kappa shape index (κ3) is 4.63. The van der Waals surface area contributed by atoms with Gasteiger partial charge in [-0.25, -0.2) is 4.98 Å². The van der Waals surface area contributed by atoms with Crippen molar-refractivity contribution in [1.29, 1.82) is 0 Å². The molecule has 3 aromatic heterocycles. The number of nitrogens with one attached hydrogen (secondary N) is 2. The lowest BCUT2D eigenvalue weighted by Gasteiger charge is -2.14. The van der Waals surface area contributed by atoms with Crippen molar-refractivity contribution >= 4 is 17.2 Å². The number of nitrogens with two attached hydrogens (primary N) is 1. The van der Waals surface area contributed by atoms with Crippen LogP contribution >= 0.6 is 11.3 Å². The largest absolute Gasteiger partial charge is 0.417 e. The van der Waals surface area contributed by atoms with Gasteiger partial charge in [0.2, 0.25) is 0 Å². The summed E-state index contributed by atoms with van der Waals surface area (Å²) in [5.74, 6) is -0.433. The van der Waals surface area contributed by atoms with Gasteiger partial charge in [0.1, 0.15) is 10.7 Å². The van der Waals surface area contributed by atoms with Crippen molar-refractivity contribution in [2.24, 2.45) is 5.73 Å². The molecule has 7 nitrogen and oxygen atoms in total. The number of hydrogen-bond acceptors (Lipinski definition) is 6. The minimum absolute atomic E-state index is 0.108. The Labute approximate surface area is 167 Å². The van der Waals surface area contributed by atoms with E-state index in [9.17, 15) is 18.0 Å². The maximum Gasteiger partial charge on any atom is 0.417 e. The zero-order valence-corrected chi connectivity index (χ0v) is 16.1. The van der Waals surface area contributed by atoms with Gasteiger partial charge in [-0.1, -0.05) is 0 Å². The lowest BCUT2D eigenvalue weighted by atomic mass is 10.2. The molecule has 0 aromatic carbocycles. The summed E-state index contributed by atoms with van der Waals surface area (Å²) < 4.78 is 38.1. The number of thiazole rings is 1. The van der Waals surface area contributed by atoms with Crippen molar-refractivity contribution in [3.63, 3.8) is 0 Å². The van der Waals surface area contributed by atoms with E-state index in [1.54, 1.807) is 18.4 Å². The van der Waals surface area contributed by atoms with Gasteiger partial charge >= 0.3 is 6.18 Å². The lowest BCUT2D eigenvalue weighted by Crippen LogP contribution is -2.33. The van der Waals surface area contributed by atoms with Gasteiger partial charge in [0.15, 0.2) is 0 Å². The molecule has 154 valence electrons. The Morgan fingerprint density at radius 3 is 2.72 bits per heavy atom. The lowest BCUT2D eigenvalue weighted by molar-refractivity contribution is -0.137. The third-order valence-corrected chi connectivity index (χ3v) is 5.19. The smallest absolute Gasteiger partial charge is 0.390 e. The number of pyridine rings is 1. The molecule has 0 fully saturated rings. The molecule has 0 saturated heterocycles. The standard InChI is InChI=1S/C18H18F3N5O2S/c1-9-4-13(12-3-2-10(6-23-12)18(19,20)21)25-15(9)16(28)26-14(5-22)17-24-11(7-27)8-29-17/h2-4,6,8,14,25,27H,5,7,22H2,1H3,(H,26,28)/t14-/m0/s1. The van der Waals surface area contributed by atoms with E-state index in [1.807, 2.05) is 0 Å². The van der Waals surface area contributed by atoms with Crippen molar-refractivity contribution in [2.75, 3.05) is 6.54 Å². The number of H-pyrrole nitrogens is 1. The van der Waals surface area contributed by atoms with Crippen molar-refractivity contribution in [3.8, 4) is 11.4 Å². The predicted octanol–water partition coefficient (Wildman–Crippen LogP) is 2.78. The fourth-order valence-electron chi connectivity index (χ4n) is 2.66. The quantitative estimate of drug-likeness (QED) is 0.485. The van der Waals surface area contributed by atoms with Gasteiger partial charge < -0.3 is 21.1 Å². The topological polar surface area (TPSA) is 117 Å². The first-order valence-corrected chi connectivity index (χ1v) is 9.40. The fraction of sp³-hybridized carbons (Fsp3) is 0.278. The molecule has 0 saturated carbocycles. The molecule has 29 heavy (non-hydrogen) atoms. The monoisotopic (exact) mass is 425 g/mol. The van der Waals surface area contributed by atoms with E-state index >= 15 is 0 Å². The molecule has 1 amide bonds. The van der Waals surface area contributed by atoms with Crippen molar-refractivity contribution in [1.82, 2.24) is 20.3 Å². The van der Waals surface area contributed by atoms with E-state index < -0.39 is 23.7 Å². The molecule has 11 heteroatoms. The Bertz CT molecular complexity index is 998. The number of rotatable bonds is 6. The maximum atomic E-state index is 12.7. The molecule has 0 aliphatic carbocycles. The van der Waals surface area contributed by atoms with Gasteiger partial charge in [0.25, 0.3) is 5.91 Å². The maximum absolute atomic E-state index is 12.7. The third-order valence-electron chi connectivity index (χ3n) is 4.18. The minimum Gasteiger partial charge on any atom is -0.390 e. The zero-order valence-electron chi connectivity index (χ0n) is 15.2. The van der Waals surface area contributed by atoms with Crippen LogP contribution in [0.1, 0.15) is 38.4 Å². The molecule has 0 aliphatic rings. The molecule has 0 bridgehead atoms. The molecule has 0 radical (unpaired) electrons. The highest BCUT2D eigenvalue weighted by molar-refractivity contribution is 7.09. The highest BCUT2D eigenvalue weighted by Gasteiger charge is 2.30. The number of halogens is 3. The second-order valence-electron chi connectivity index (χ2n) is 6.27. The van der Waals surface area contributed by atoms with E-state index in [4.69, 9.17) is 10.8 Å². The van der Waals surface area contributed by atoms with Crippen LogP contribution < -0.4 is 11.1 Å². The molecule has 1 atom stereocenters. The number of aryl methyl sites for hydroxylation is 1. The molecule has 0 aliphatic heterocycles. The number of hydrogen-bond donors (Lipinski definition) is 4. The molecule has 3 heterocycles. The number of alkyl halides is 3. The number of aromatic amines is 1. The van der Waals surface area contributed by atoms with E-state index in [0.29, 0.717) is 22.0 Å². The summed E-state index contributed by atoms with van der Waals surface area (Å²) >= 11 is 1.28. The van der Waals surface area contributed by atoms with Gasteiger partial charge in [-0.3, -0.25) is 9.78 Å². The number of nitrogens with zero attached hydrogens (tertiary/aromatic N) is 2. The first kappa shape index (κ1) is 21.0. The van der Waals surface area contributed by atoms with E-state index in [-0.39, 0.29) is 24.5 Å². The Hall–Kier alpha value is -2.76. The van der Waals surface area contributed by atoms with Crippen LogP contribution in [0.4, 0.5) is 13.2 Å². The molecule has 3 aromatic rings. The predicted molar refractivity (Wildman–Crippen MR) is 101 cm³/mol. The van der Waals surface area contributed by atoms with Gasteiger partial charge in [-0.15, -0.1) is 11.3 Å². The molecule has 0 unspecified atom stereocenters. The summed E-state index contributed by atoms with van der Waals surface area (Å²) in [7, 11) is 0. The molecule has 3 rings (SSSR count). The van der Waals surface area contributed by atoms with Crippen LogP contribution in [0.2, 0.25) is 0 Å². The number of amides is 1. The van der Waals surface area contributed by atoms with E-state index in [2.05, 4.69) is 20.3 Å². The molecule has 0 spiro atoms. The average molecular weight is 425 g/mol. The van der Waals surface area contributed by atoms with Crippen molar-refractivity contribution in [2.45, 2.75) is 25.7 Å². The summed E-state index contributed by atoms with van der Waals surface area (Å²) in [5, 5.41) is 14.1. The number of carbonyl (C=O) groups is 1. The molecule has 5 N–H and O–H groups in total. The van der Waals surface area contributed by atoms with Crippen molar-refractivity contribution in [3.05, 3.63) is 57.3 Å². The number of aromatic nitrogens is 3. The molecular formula is C18H18F3N5O2S. The molecular weight excluding hydrogens is 407 g/mol. The van der Waals surface area contributed by atoms with E-state index in [0.717, 1.165) is 12.3 Å². The van der Waals surface area contributed by atoms with Crippen LogP contribution in [0, 0.1) is 6.92 Å². The Morgan fingerprint density at radius 1 is 1.41 bits per heavy atom. The fourth-order valence-corrected chi connectivity index (χ4v) is 3.53. The van der Waals surface area contributed by atoms with Crippen LogP contribution in [-0.4, -0.2) is 32.5 Å². The summed E-state index contributed by atoms with van der Waals surface area (Å²) in [6, 6.07) is 3.27. The van der Waals surface area contributed by atoms with Crippen LogP contribution in [0.3, 0.4) is 0 Å². The number of aliphatic hydroxyl groups is 1. The second-order valence-corrected chi connectivity index (χ2v) is 7.16. The highest BCUT2D eigenvalue weighted by atomic mass is 32.1. The Balaban J connectivity index is 1.79. The zero-order chi connectivity index (χ0) is 21.2. The second kappa shape index (κ2) is 8.31. The van der Waals surface area contributed by atoms with Gasteiger partial charge in [0, 0.05) is 18.1 Å². The highest BCUT2D eigenvalue weighted by Crippen LogP contribution is 2.30. The van der Waals surface area contributed by atoms with Gasteiger partial charge in [0.05, 0.1) is 35.3 Å². The van der Waals surface area contributed by atoms with Gasteiger partial charge in [-0.2, -0.15) is 13.2 Å². The first-order valence-electron chi connectivity index (χ1n) is 8.52. The number of aliphatic hydroxyl groups excluding tert-OH is 1. The average Bonchev–Trinajstić information content (AvgIpc) is 3.32.